The van der Waals surface area contributed by atoms with E-state index in [0.717, 1.165) is 6.61 Å². The van der Waals surface area contributed by atoms with Crippen molar-refractivity contribution < 1.29 is 4.74 Å². The van der Waals surface area contributed by atoms with Crippen LogP contribution in [0.25, 0.3) is 0 Å². The fourth-order valence-corrected chi connectivity index (χ4v) is 2.66. The van der Waals surface area contributed by atoms with Crippen LogP contribution in [0.4, 0.5) is 0 Å². The zero-order valence-electron chi connectivity index (χ0n) is 10.0. The SMILES string of the molecule is CC(C)OCC1(c2cccc(Br)c2)CCC1. The van der Waals surface area contributed by atoms with E-state index in [2.05, 4.69) is 54.0 Å². The van der Waals surface area contributed by atoms with Crippen LogP contribution in [-0.2, 0) is 10.2 Å². The minimum Gasteiger partial charge on any atom is -0.378 e. The summed E-state index contributed by atoms with van der Waals surface area (Å²) < 4.78 is 7.00. The Labute approximate surface area is 106 Å². The summed E-state index contributed by atoms with van der Waals surface area (Å²) in [4.78, 5) is 0. The summed E-state index contributed by atoms with van der Waals surface area (Å²) in [5.41, 5.74) is 1.71. The molecule has 1 fully saturated rings. The van der Waals surface area contributed by atoms with Crippen molar-refractivity contribution in [2.24, 2.45) is 0 Å². The normalized spacial score (nSPS) is 18.5. The fourth-order valence-electron chi connectivity index (χ4n) is 2.26. The predicted molar refractivity (Wildman–Crippen MR) is 70.8 cm³/mol. The minimum absolute atomic E-state index is 0.286. The molecule has 0 N–H and O–H groups in total. The molecule has 2 rings (SSSR count). The number of ether oxygens (including phenoxy) is 1. The molecule has 0 unspecified atom stereocenters. The van der Waals surface area contributed by atoms with Crippen molar-refractivity contribution in [3.8, 4) is 0 Å². The number of hydrogen-bond donors (Lipinski definition) is 0. The van der Waals surface area contributed by atoms with Gasteiger partial charge in [0.2, 0.25) is 0 Å². The second kappa shape index (κ2) is 4.89. The molecule has 0 amide bonds. The highest BCUT2D eigenvalue weighted by atomic mass is 79.9. The monoisotopic (exact) mass is 282 g/mol. The van der Waals surface area contributed by atoms with Gasteiger partial charge < -0.3 is 4.74 Å². The van der Waals surface area contributed by atoms with Gasteiger partial charge in [-0.05, 0) is 44.4 Å². The van der Waals surface area contributed by atoms with Gasteiger partial charge in [0.05, 0.1) is 12.7 Å². The first-order valence-corrected chi connectivity index (χ1v) is 6.79. The van der Waals surface area contributed by atoms with Gasteiger partial charge in [-0.15, -0.1) is 0 Å². The van der Waals surface area contributed by atoms with Gasteiger partial charge in [-0.25, -0.2) is 0 Å². The Kier molecular flexibility index (Phi) is 3.70. The highest BCUT2D eigenvalue weighted by molar-refractivity contribution is 9.10. The Morgan fingerprint density at radius 1 is 1.38 bits per heavy atom. The van der Waals surface area contributed by atoms with E-state index in [1.807, 2.05) is 0 Å². The highest BCUT2D eigenvalue weighted by Crippen LogP contribution is 2.44. The molecule has 0 aromatic heterocycles. The number of benzene rings is 1. The van der Waals surface area contributed by atoms with Crippen molar-refractivity contribution in [2.45, 2.75) is 44.6 Å². The molecule has 1 aromatic carbocycles. The van der Waals surface area contributed by atoms with Crippen LogP contribution in [0.15, 0.2) is 28.7 Å². The Balaban J connectivity index is 2.14. The van der Waals surface area contributed by atoms with Gasteiger partial charge in [0, 0.05) is 9.89 Å². The summed E-state index contributed by atoms with van der Waals surface area (Å²) in [5.74, 6) is 0. The van der Waals surface area contributed by atoms with E-state index >= 15 is 0 Å². The number of hydrogen-bond acceptors (Lipinski definition) is 1. The Morgan fingerprint density at radius 3 is 2.62 bits per heavy atom. The molecule has 1 nitrogen and oxygen atoms in total. The molecule has 1 aromatic rings. The van der Waals surface area contributed by atoms with E-state index in [4.69, 9.17) is 4.74 Å². The van der Waals surface area contributed by atoms with Gasteiger partial charge in [0.1, 0.15) is 0 Å². The van der Waals surface area contributed by atoms with Crippen molar-refractivity contribution in [2.75, 3.05) is 6.61 Å². The zero-order chi connectivity index (χ0) is 11.6. The average Bonchev–Trinajstić information content (AvgIpc) is 2.15. The van der Waals surface area contributed by atoms with Crippen LogP contribution in [-0.4, -0.2) is 12.7 Å². The maximum Gasteiger partial charge on any atom is 0.0566 e. The lowest BCUT2D eigenvalue weighted by atomic mass is 9.65. The second-order valence-electron chi connectivity index (χ2n) is 5.00. The molecule has 0 atom stereocenters. The van der Waals surface area contributed by atoms with Crippen LogP contribution in [0, 0.1) is 0 Å². The van der Waals surface area contributed by atoms with Crippen molar-refractivity contribution in [3.05, 3.63) is 34.3 Å². The van der Waals surface area contributed by atoms with Gasteiger partial charge in [0.15, 0.2) is 0 Å². The standard InChI is InChI=1S/C14H19BrO/c1-11(2)16-10-14(7-4-8-14)12-5-3-6-13(15)9-12/h3,5-6,9,11H,4,7-8,10H2,1-2H3. The minimum atomic E-state index is 0.286. The zero-order valence-corrected chi connectivity index (χ0v) is 11.6. The third-order valence-corrected chi connectivity index (χ3v) is 3.93. The van der Waals surface area contributed by atoms with E-state index in [0.29, 0.717) is 6.10 Å². The summed E-state index contributed by atoms with van der Waals surface area (Å²) in [7, 11) is 0. The van der Waals surface area contributed by atoms with Crippen LogP contribution in [0.1, 0.15) is 38.7 Å². The molecular formula is C14H19BrO. The molecule has 0 saturated heterocycles. The number of halogens is 1. The maximum absolute atomic E-state index is 5.83. The maximum atomic E-state index is 5.83. The smallest absolute Gasteiger partial charge is 0.0566 e. The Morgan fingerprint density at radius 2 is 2.12 bits per heavy atom. The third-order valence-electron chi connectivity index (χ3n) is 3.44. The summed E-state index contributed by atoms with van der Waals surface area (Å²) in [6, 6.07) is 8.67. The Hall–Kier alpha value is -0.340. The van der Waals surface area contributed by atoms with E-state index in [9.17, 15) is 0 Å². The van der Waals surface area contributed by atoms with Gasteiger partial charge in [-0.3, -0.25) is 0 Å². The first-order valence-electron chi connectivity index (χ1n) is 6.00. The van der Waals surface area contributed by atoms with Crippen LogP contribution < -0.4 is 0 Å². The quantitative estimate of drug-likeness (QED) is 0.800. The second-order valence-corrected chi connectivity index (χ2v) is 5.92. The molecule has 16 heavy (non-hydrogen) atoms. The van der Waals surface area contributed by atoms with Gasteiger partial charge in [-0.2, -0.15) is 0 Å². The molecule has 0 aliphatic heterocycles. The van der Waals surface area contributed by atoms with Crippen LogP contribution >= 0.6 is 15.9 Å². The molecule has 1 saturated carbocycles. The predicted octanol–water partition coefficient (Wildman–Crippen LogP) is 4.30. The Bertz CT molecular complexity index is 356. The third kappa shape index (κ3) is 2.49. The van der Waals surface area contributed by atoms with E-state index in [1.165, 1.54) is 29.3 Å². The van der Waals surface area contributed by atoms with E-state index in [-0.39, 0.29) is 5.41 Å². The van der Waals surface area contributed by atoms with Crippen LogP contribution in [0.5, 0.6) is 0 Å². The summed E-state index contributed by atoms with van der Waals surface area (Å²) in [6.45, 7) is 5.07. The van der Waals surface area contributed by atoms with Crippen LogP contribution in [0.2, 0.25) is 0 Å². The fraction of sp³-hybridized carbons (Fsp3) is 0.571. The average molecular weight is 283 g/mol. The molecule has 0 bridgehead atoms. The van der Waals surface area contributed by atoms with Crippen molar-refractivity contribution in [3.63, 3.8) is 0 Å². The molecular weight excluding hydrogens is 264 g/mol. The summed E-state index contributed by atoms with van der Waals surface area (Å²) in [6.07, 6.45) is 4.17. The number of rotatable bonds is 4. The lowest BCUT2D eigenvalue weighted by Crippen LogP contribution is -2.39. The highest BCUT2D eigenvalue weighted by Gasteiger charge is 2.39. The lowest BCUT2D eigenvalue weighted by Gasteiger charge is -2.42. The lowest BCUT2D eigenvalue weighted by molar-refractivity contribution is 0.00985. The van der Waals surface area contributed by atoms with Gasteiger partial charge >= 0.3 is 0 Å². The van der Waals surface area contributed by atoms with E-state index < -0.39 is 0 Å². The molecule has 1 aliphatic rings. The topological polar surface area (TPSA) is 9.23 Å². The summed E-state index contributed by atoms with van der Waals surface area (Å²) in [5, 5.41) is 0. The molecule has 2 heteroatoms. The van der Waals surface area contributed by atoms with Gasteiger partial charge in [-0.1, -0.05) is 34.5 Å². The first kappa shape index (κ1) is 12.1. The molecule has 0 heterocycles. The molecule has 88 valence electrons. The first-order chi connectivity index (χ1) is 7.62. The molecule has 1 aliphatic carbocycles. The van der Waals surface area contributed by atoms with Crippen molar-refractivity contribution >= 4 is 15.9 Å². The van der Waals surface area contributed by atoms with Crippen LogP contribution in [0.3, 0.4) is 0 Å². The summed E-state index contributed by atoms with van der Waals surface area (Å²) >= 11 is 3.55. The molecule has 0 radical (unpaired) electrons. The van der Waals surface area contributed by atoms with Crippen molar-refractivity contribution in [1.82, 2.24) is 0 Å². The molecule has 0 spiro atoms. The van der Waals surface area contributed by atoms with Gasteiger partial charge in [0.25, 0.3) is 0 Å². The largest absolute Gasteiger partial charge is 0.378 e. The van der Waals surface area contributed by atoms with E-state index in [1.54, 1.807) is 0 Å². The van der Waals surface area contributed by atoms with Crippen molar-refractivity contribution in [1.29, 1.82) is 0 Å².